The van der Waals surface area contributed by atoms with Gasteiger partial charge in [0.05, 0.1) is 23.9 Å². The van der Waals surface area contributed by atoms with Crippen LogP contribution in [0.3, 0.4) is 0 Å². The second-order valence-corrected chi connectivity index (χ2v) is 4.71. The van der Waals surface area contributed by atoms with Gasteiger partial charge in [-0.3, -0.25) is 4.68 Å². The quantitative estimate of drug-likeness (QED) is 0.880. The van der Waals surface area contributed by atoms with E-state index < -0.39 is 6.10 Å². The van der Waals surface area contributed by atoms with Crippen molar-refractivity contribution in [3.63, 3.8) is 0 Å². The van der Waals surface area contributed by atoms with E-state index in [2.05, 4.69) is 23.9 Å². The van der Waals surface area contributed by atoms with Crippen molar-refractivity contribution in [2.24, 2.45) is 0 Å². The lowest BCUT2D eigenvalue weighted by Crippen LogP contribution is -2.09. The fourth-order valence-electron chi connectivity index (χ4n) is 1.95. The largest absolute Gasteiger partial charge is 0.386 e. The third kappa shape index (κ3) is 2.61. The fraction of sp³-hybridized carbons (Fsp3) is 0.538. The second-order valence-electron chi connectivity index (χ2n) is 4.71. The van der Waals surface area contributed by atoms with Crippen LogP contribution in [0.1, 0.15) is 44.3 Å². The first kappa shape index (κ1) is 12.8. The van der Waals surface area contributed by atoms with E-state index in [0.717, 1.165) is 17.9 Å². The molecule has 18 heavy (non-hydrogen) atoms. The van der Waals surface area contributed by atoms with Gasteiger partial charge in [0, 0.05) is 25.2 Å². The number of aliphatic hydroxyl groups is 1. The smallest absolute Gasteiger partial charge is 0.101 e. The van der Waals surface area contributed by atoms with E-state index in [4.69, 9.17) is 0 Å². The topological polar surface area (TPSA) is 55.9 Å². The molecule has 5 heteroatoms. The fourth-order valence-corrected chi connectivity index (χ4v) is 1.95. The Hall–Kier alpha value is -1.62. The summed E-state index contributed by atoms with van der Waals surface area (Å²) in [6.07, 6.45) is 5.37. The van der Waals surface area contributed by atoms with Crippen molar-refractivity contribution in [1.29, 1.82) is 0 Å². The molecule has 1 unspecified atom stereocenters. The molecule has 0 saturated carbocycles. The molecule has 0 aromatic carbocycles. The Morgan fingerprint density at radius 1 is 1.39 bits per heavy atom. The van der Waals surface area contributed by atoms with Crippen molar-refractivity contribution < 1.29 is 5.11 Å². The van der Waals surface area contributed by atoms with Gasteiger partial charge in [0.25, 0.3) is 0 Å². The highest BCUT2D eigenvalue weighted by Crippen LogP contribution is 2.17. The SMILES string of the molecule is CCn1cncc1C(O)Cc1ccn(C(C)C)n1. The summed E-state index contributed by atoms with van der Waals surface area (Å²) in [5, 5.41) is 14.7. The van der Waals surface area contributed by atoms with Crippen molar-refractivity contribution in [2.45, 2.75) is 45.9 Å². The van der Waals surface area contributed by atoms with E-state index in [1.165, 1.54) is 0 Å². The number of hydrogen-bond donors (Lipinski definition) is 1. The zero-order chi connectivity index (χ0) is 13.1. The van der Waals surface area contributed by atoms with Crippen molar-refractivity contribution in [3.05, 3.63) is 36.2 Å². The van der Waals surface area contributed by atoms with E-state index in [-0.39, 0.29) is 0 Å². The molecule has 0 bridgehead atoms. The van der Waals surface area contributed by atoms with Crippen LogP contribution >= 0.6 is 0 Å². The van der Waals surface area contributed by atoms with Crippen LogP contribution in [0, 0.1) is 0 Å². The highest BCUT2D eigenvalue weighted by atomic mass is 16.3. The summed E-state index contributed by atoms with van der Waals surface area (Å²) in [6, 6.07) is 2.30. The third-order valence-corrected chi connectivity index (χ3v) is 3.02. The van der Waals surface area contributed by atoms with E-state index in [1.54, 1.807) is 12.5 Å². The van der Waals surface area contributed by atoms with Gasteiger partial charge in [-0.15, -0.1) is 0 Å². The van der Waals surface area contributed by atoms with Crippen molar-refractivity contribution in [2.75, 3.05) is 0 Å². The molecular formula is C13H20N4O. The summed E-state index contributed by atoms with van der Waals surface area (Å²) >= 11 is 0. The van der Waals surface area contributed by atoms with Crippen molar-refractivity contribution in [1.82, 2.24) is 19.3 Å². The molecule has 98 valence electrons. The average molecular weight is 248 g/mol. The van der Waals surface area contributed by atoms with E-state index in [1.807, 2.05) is 28.4 Å². The minimum atomic E-state index is -0.553. The molecule has 2 rings (SSSR count). The number of hydrogen-bond acceptors (Lipinski definition) is 3. The van der Waals surface area contributed by atoms with Crippen molar-refractivity contribution >= 4 is 0 Å². The first-order valence-corrected chi connectivity index (χ1v) is 6.34. The summed E-state index contributed by atoms with van der Waals surface area (Å²) in [4.78, 5) is 4.07. The average Bonchev–Trinajstić information content (AvgIpc) is 2.96. The minimum absolute atomic E-state index is 0.345. The molecule has 1 N–H and O–H groups in total. The molecule has 0 radical (unpaired) electrons. The molecule has 0 fully saturated rings. The number of imidazole rings is 1. The lowest BCUT2D eigenvalue weighted by Gasteiger charge is -2.11. The minimum Gasteiger partial charge on any atom is -0.386 e. The zero-order valence-electron chi connectivity index (χ0n) is 11.1. The molecule has 5 nitrogen and oxygen atoms in total. The van der Waals surface area contributed by atoms with Gasteiger partial charge in [0.1, 0.15) is 6.10 Å². The van der Waals surface area contributed by atoms with Crippen LogP contribution in [-0.2, 0) is 13.0 Å². The van der Waals surface area contributed by atoms with Crippen LogP contribution < -0.4 is 0 Å². The summed E-state index contributed by atoms with van der Waals surface area (Å²) < 4.78 is 3.85. The monoisotopic (exact) mass is 248 g/mol. The van der Waals surface area contributed by atoms with Gasteiger partial charge in [0.15, 0.2) is 0 Å². The van der Waals surface area contributed by atoms with Gasteiger partial charge in [-0.1, -0.05) is 0 Å². The Morgan fingerprint density at radius 2 is 2.17 bits per heavy atom. The third-order valence-electron chi connectivity index (χ3n) is 3.02. The molecular weight excluding hydrogens is 228 g/mol. The number of nitrogens with zero attached hydrogens (tertiary/aromatic N) is 4. The van der Waals surface area contributed by atoms with Gasteiger partial charge in [-0.05, 0) is 26.8 Å². The predicted octanol–water partition coefficient (Wildman–Crippen LogP) is 1.96. The Labute approximate surface area is 107 Å². The van der Waals surface area contributed by atoms with Gasteiger partial charge >= 0.3 is 0 Å². The van der Waals surface area contributed by atoms with Gasteiger partial charge < -0.3 is 9.67 Å². The summed E-state index contributed by atoms with van der Waals surface area (Å²) in [5.74, 6) is 0. The normalized spacial score (nSPS) is 13.2. The Balaban J connectivity index is 2.08. The number of aliphatic hydroxyl groups excluding tert-OH is 1. The van der Waals surface area contributed by atoms with E-state index in [0.29, 0.717) is 12.5 Å². The zero-order valence-corrected chi connectivity index (χ0v) is 11.1. The molecule has 2 aromatic heterocycles. The Kier molecular flexibility index (Phi) is 3.81. The summed E-state index contributed by atoms with van der Waals surface area (Å²) in [6.45, 7) is 7.01. The molecule has 0 aliphatic carbocycles. The lowest BCUT2D eigenvalue weighted by atomic mass is 10.1. The van der Waals surface area contributed by atoms with Crippen LogP contribution in [0.15, 0.2) is 24.8 Å². The van der Waals surface area contributed by atoms with Crippen LogP contribution in [0.25, 0.3) is 0 Å². The predicted molar refractivity (Wildman–Crippen MR) is 69.2 cm³/mol. The van der Waals surface area contributed by atoms with Gasteiger partial charge in [0.2, 0.25) is 0 Å². The van der Waals surface area contributed by atoms with Gasteiger partial charge in [-0.25, -0.2) is 4.98 Å². The second kappa shape index (κ2) is 5.35. The molecule has 1 atom stereocenters. The number of rotatable bonds is 5. The molecule has 0 amide bonds. The number of aromatic nitrogens is 4. The molecule has 0 saturated heterocycles. The van der Waals surface area contributed by atoms with E-state index >= 15 is 0 Å². The first-order chi connectivity index (χ1) is 8.61. The maximum atomic E-state index is 10.2. The van der Waals surface area contributed by atoms with Crippen molar-refractivity contribution in [3.8, 4) is 0 Å². The highest BCUT2D eigenvalue weighted by molar-refractivity contribution is 5.09. The molecule has 0 aliphatic heterocycles. The number of aryl methyl sites for hydroxylation is 1. The molecule has 2 aromatic rings. The van der Waals surface area contributed by atoms with Crippen LogP contribution in [0.4, 0.5) is 0 Å². The molecule has 0 aliphatic rings. The molecule has 2 heterocycles. The molecule has 0 spiro atoms. The first-order valence-electron chi connectivity index (χ1n) is 6.34. The van der Waals surface area contributed by atoms with Gasteiger partial charge in [-0.2, -0.15) is 5.10 Å². The van der Waals surface area contributed by atoms with Crippen LogP contribution in [0.5, 0.6) is 0 Å². The summed E-state index contributed by atoms with van der Waals surface area (Å²) in [5.41, 5.74) is 1.75. The highest BCUT2D eigenvalue weighted by Gasteiger charge is 2.14. The van der Waals surface area contributed by atoms with E-state index in [9.17, 15) is 5.11 Å². The van der Waals surface area contributed by atoms with Crippen LogP contribution in [0.2, 0.25) is 0 Å². The lowest BCUT2D eigenvalue weighted by molar-refractivity contribution is 0.167. The standard InChI is InChI=1S/C13H20N4O/c1-4-16-9-14-8-12(16)13(18)7-11-5-6-17(15-11)10(2)3/h5-6,8-10,13,18H,4,7H2,1-3H3. The Bertz CT molecular complexity index is 501. The summed E-state index contributed by atoms with van der Waals surface area (Å²) in [7, 11) is 0. The Morgan fingerprint density at radius 3 is 2.78 bits per heavy atom. The maximum absolute atomic E-state index is 10.2. The van der Waals surface area contributed by atoms with Crippen LogP contribution in [-0.4, -0.2) is 24.4 Å². The maximum Gasteiger partial charge on any atom is 0.101 e.